The highest BCUT2D eigenvalue weighted by molar-refractivity contribution is 5.37. The van der Waals surface area contributed by atoms with Gasteiger partial charge >= 0.3 is 0 Å². The number of nitriles is 1. The zero-order valence-corrected chi connectivity index (χ0v) is 9.13. The lowest BCUT2D eigenvalue weighted by Crippen LogP contribution is -2.19. The Morgan fingerprint density at radius 3 is 2.80 bits per heavy atom. The smallest absolute Gasteiger partial charge is 0.123 e. The van der Waals surface area contributed by atoms with Gasteiger partial charge in [0.1, 0.15) is 5.82 Å². The van der Waals surface area contributed by atoms with Gasteiger partial charge in [-0.1, -0.05) is 6.92 Å². The first-order chi connectivity index (χ1) is 7.17. The van der Waals surface area contributed by atoms with Crippen molar-refractivity contribution in [2.24, 2.45) is 0 Å². The van der Waals surface area contributed by atoms with Crippen molar-refractivity contribution in [3.63, 3.8) is 0 Å². The van der Waals surface area contributed by atoms with E-state index in [1.807, 2.05) is 7.05 Å². The summed E-state index contributed by atoms with van der Waals surface area (Å²) in [4.78, 5) is 2.08. The second-order valence-electron chi connectivity index (χ2n) is 3.65. The van der Waals surface area contributed by atoms with Crippen LogP contribution < -0.4 is 0 Å². The van der Waals surface area contributed by atoms with Crippen LogP contribution in [0.25, 0.3) is 0 Å². The molecule has 0 amide bonds. The average Bonchev–Trinajstić information content (AvgIpc) is 2.18. The largest absolute Gasteiger partial charge is 0.302 e. The summed E-state index contributed by atoms with van der Waals surface area (Å²) >= 11 is 0. The Morgan fingerprint density at radius 2 is 2.20 bits per heavy atom. The summed E-state index contributed by atoms with van der Waals surface area (Å²) in [5.74, 6) is -0.283. The topological polar surface area (TPSA) is 27.0 Å². The van der Waals surface area contributed by atoms with Gasteiger partial charge in [-0.2, -0.15) is 5.26 Å². The summed E-state index contributed by atoms with van der Waals surface area (Å²) in [5, 5.41) is 8.86. The summed E-state index contributed by atoms with van der Waals surface area (Å²) in [5.41, 5.74) is 1.31. The SMILES string of the molecule is CCCN(C)Cc1cc(F)ccc1C#N. The van der Waals surface area contributed by atoms with Crippen molar-refractivity contribution in [2.45, 2.75) is 19.9 Å². The van der Waals surface area contributed by atoms with E-state index < -0.39 is 0 Å². The molecule has 0 saturated heterocycles. The van der Waals surface area contributed by atoms with Crippen LogP contribution >= 0.6 is 0 Å². The van der Waals surface area contributed by atoms with E-state index in [1.165, 1.54) is 18.2 Å². The third kappa shape index (κ3) is 3.34. The van der Waals surface area contributed by atoms with Crippen molar-refractivity contribution in [3.05, 3.63) is 35.1 Å². The van der Waals surface area contributed by atoms with Crippen LogP contribution in [-0.4, -0.2) is 18.5 Å². The number of nitrogens with zero attached hydrogens (tertiary/aromatic N) is 2. The van der Waals surface area contributed by atoms with Crippen molar-refractivity contribution in [1.82, 2.24) is 4.90 Å². The zero-order valence-electron chi connectivity index (χ0n) is 9.13. The maximum Gasteiger partial charge on any atom is 0.123 e. The fourth-order valence-electron chi connectivity index (χ4n) is 1.55. The molecule has 0 aliphatic carbocycles. The number of benzene rings is 1. The first-order valence-corrected chi connectivity index (χ1v) is 5.04. The first-order valence-electron chi connectivity index (χ1n) is 5.04. The molecule has 0 unspecified atom stereocenters. The molecule has 0 saturated carbocycles. The minimum atomic E-state index is -0.283. The number of rotatable bonds is 4. The van der Waals surface area contributed by atoms with Crippen LogP contribution in [0.1, 0.15) is 24.5 Å². The molecule has 0 atom stereocenters. The van der Waals surface area contributed by atoms with Gasteiger partial charge in [0.2, 0.25) is 0 Å². The molecule has 1 aromatic carbocycles. The number of hydrogen-bond donors (Lipinski definition) is 0. The normalized spacial score (nSPS) is 10.3. The number of hydrogen-bond acceptors (Lipinski definition) is 2. The Kier molecular flexibility index (Phi) is 4.26. The van der Waals surface area contributed by atoms with Gasteiger partial charge in [-0.05, 0) is 43.8 Å². The highest BCUT2D eigenvalue weighted by Gasteiger charge is 2.06. The standard InChI is InChI=1S/C12H15FN2/c1-3-6-15(2)9-11-7-12(13)5-4-10(11)8-14/h4-5,7H,3,6,9H2,1-2H3. The van der Waals surface area contributed by atoms with Crippen molar-refractivity contribution < 1.29 is 4.39 Å². The van der Waals surface area contributed by atoms with Crippen LogP contribution in [0.5, 0.6) is 0 Å². The molecule has 2 nitrogen and oxygen atoms in total. The van der Waals surface area contributed by atoms with E-state index in [9.17, 15) is 4.39 Å². The molecular formula is C12H15FN2. The van der Waals surface area contributed by atoms with Gasteiger partial charge in [0.25, 0.3) is 0 Å². The van der Waals surface area contributed by atoms with Crippen molar-refractivity contribution in [1.29, 1.82) is 5.26 Å². The first kappa shape index (κ1) is 11.7. The zero-order chi connectivity index (χ0) is 11.3. The molecule has 0 spiro atoms. The summed E-state index contributed by atoms with van der Waals surface area (Å²) < 4.78 is 13.0. The molecule has 0 N–H and O–H groups in total. The van der Waals surface area contributed by atoms with Gasteiger partial charge < -0.3 is 4.90 Å². The Morgan fingerprint density at radius 1 is 1.47 bits per heavy atom. The van der Waals surface area contributed by atoms with E-state index in [-0.39, 0.29) is 5.82 Å². The van der Waals surface area contributed by atoms with Crippen LogP contribution in [0.15, 0.2) is 18.2 Å². The summed E-state index contributed by atoms with van der Waals surface area (Å²) in [6.07, 6.45) is 1.05. The van der Waals surface area contributed by atoms with Crippen molar-refractivity contribution in [3.8, 4) is 6.07 Å². The quantitative estimate of drug-likeness (QED) is 0.757. The Labute approximate surface area is 89.9 Å². The monoisotopic (exact) mass is 206 g/mol. The van der Waals surface area contributed by atoms with Crippen molar-refractivity contribution >= 4 is 0 Å². The molecule has 1 rings (SSSR count). The molecule has 0 fully saturated rings. The molecule has 3 heteroatoms. The van der Waals surface area contributed by atoms with E-state index >= 15 is 0 Å². The lowest BCUT2D eigenvalue weighted by Gasteiger charge is -2.16. The molecule has 1 aromatic rings. The third-order valence-electron chi connectivity index (χ3n) is 2.23. The molecule has 0 bridgehead atoms. The number of halogens is 1. The Bertz CT molecular complexity index is 368. The summed E-state index contributed by atoms with van der Waals surface area (Å²) in [6, 6.07) is 6.37. The second-order valence-corrected chi connectivity index (χ2v) is 3.65. The van der Waals surface area contributed by atoms with Crippen LogP contribution in [0.2, 0.25) is 0 Å². The molecule has 0 heterocycles. The van der Waals surface area contributed by atoms with Crippen molar-refractivity contribution in [2.75, 3.05) is 13.6 Å². The van der Waals surface area contributed by atoms with Gasteiger partial charge in [-0.3, -0.25) is 0 Å². The molecular weight excluding hydrogens is 191 g/mol. The fourth-order valence-corrected chi connectivity index (χ4v) is 1.55. The maximum absolute atomic E-state index is 13.0. The predicted molar refractivity (Wildman–Crippen MR) is 57.7 cm³/mol. The van der Waals surface area contributed by atoms with Gasteiger partial charge in [-0.25, -0.2) is 4.39 Å². The Hall–Kier alpha value is -1.40. The van der Waals surface area contributed by atoms with E-state index in [0.29, 0.717) is 12.1 Å². The van der Waals surface area contributed by atoms with Gasteiger partial charge in [0, 0.05) is 6.54 Å². The molecule has 0 aromatic heterocycles. The van der Waals surface area contributed by atoms with Crippen LogP contribution in [0.3, 0.4) is 0 Å². The molecule has 0 aliphatic heterocycles. The molecule has 15 heavy (non-hydrogen) atoms. The van der Waals surface area contributed by atoms with E-state index in [4.69, 9.17) is 5.26 Å². The summed E-state index contributed by atoms with van der Waals surface area (Å²) in [7, 11) is 1.97. The molecule has 0 radical (unpaired) electrons. The third-order valence-corrected chi connectivity index (χ3v) is 2.23. The summed E-state index contributed by atoms with van der Waals surface area (Å²) in [6.45, 7) is 3.66. The minimum Gasteiger partial charge on any atom is -0.302 e. The highest BCUT2D eigenvalue weighted by atomic mass is 19.1. The van der Waals surface area contributed by atoms with E-state index in [0.717, 1.165) is 18.5 Å². The van der Waals surface area contributed by atoms with E-state index in [1.54, 1.807) is 0 Å². The Balaban J connectivity index is 2.83. The van der Waals surface area contributed by atoms with Crippen LogP contribution in [-0.2, 0) is 6.54 Å². The van der Waals surface area contributed by atoms with E-state index in [2.05, 4.69) is 17.9 Å². The van der Waals surface area contributed by atoms with Gasteiger partial charge in [0.05, 0.1) is 11.6 Å². The lowest BCUT2D eigenvalue weighted by molar-refractivity contribution is 0.327. The maximum atomic E-state index is 13.0. The fraction of sp³-hybridized carbons (Fsp3) is 0.417. The highest BCUT2D eigenvalue weighted by Crippen LogP contribution is 2.12. The minimum absolute atomic E-state index is 0.283. The molecule has 80 valence electrons. The average molecular weight is 206 g/mol. The van der Waals surface area contributed by atoms with Gasteiger partial charge in [-0.15, -0.1) is 0 Å². The lowest BCUT2D eigenvalue weighted by atomic mass is 10.1. The van der Waals surface area contributed by atoms with Gasteiger partial charge in [0.15, 0.2) is 0 Å². The predicted octanol–water partition coefficient (Wildman–Crippen LogP) is 2.54. The van der Waals surface area contributed by atoms with Crippen LogP contribution in [0.4, 0.5) is 4.39 Å². The molecule has 0 aliphatic rings. The van der Waals surface area contributed by atoms with Crippen LogP contribution in [0, 0.1) is 17.1 Å². The second kappa shape index (κ2) is 5.47.